The molecular formula is C14H17F2N3. The Morgan fingerprint density at radius 1 is 1.21 bits per heavy atom. The molecule has 0 unspecified atom stereocenters. The van der Waals surface area contributed by atoms with Crippen molar-refractivity contribution in [3.63, 3.8) is 0 Å². The zero-order valence-electron chi connectivity index (χ0n) is 11.0. The van der Waals surface area contributed by atoms with Crippen molar-refractivity contribution in [1.29, 1.82) is 0 Å². The number of rotatable bonds is 5. The minimum atomic E-state index is -0.816. The molecule has 3 nitrogen and oxygen atoms in total. The van der Waals surface area contributed by atoms with Crippen molar-refractivity contribution in [3.8, 4) is 0 Å². The van der Waals surface area contributed by atoms with Crippen molar-refractivity contribution < 1.29 is 8.78 Å². The molecule has 0 amide bonds. The second-order valence-electron chi connectivity index (χ2n) is 4.70. The summed E-state index contributed by atoms with van der Waals surface area (Å²) in [7, 11) is 0. The quantitative estimate of drug-likeness (QED) is 0.900. The Bertz CT molecular complexity index is 549. The Morgan fingerprint density at radius 2 is 2.00 bits per heavy atom. The van der Waals surface area contributed by atoms with Crippen molar-refractivity contribution >= 4 is 0 Å². The maximum atomic E-state index is 13.4. The van der Waals surface area contributed by atoms with Crippen molar-refractivity contribution in [3.05, 3.63) is 53.4 Å². The highest BCUT2D eigenvalue weighted by Crippen LogP contribution is 2.11. The maximum absolute atomic E-state index is 13.4. The molecular weight excluding hydrogens is 248 g/mol. The summed E-state index contributed by atoms with van der Waals surface area (Å²) in [5.74, 6) is -1.61. The Morgan fingerprint density at radius 3 is 2.68 bits per heavy atom. The lowest BCUT2D eigenvalue weighted by Crippen LogP contribution is -2.15. The lowest BCUT2D eigenvalue weighted by Gasteiger charge is -2.06. The van der Waals surface area contributed by atoms with Gasteiger partial charge in [-0.05, 0) is 26.0 Å². The van der Waals surface area contributed by atoms with E-state index in [1.807, 2.05) is 30.8 Å². The Labute approximate surface area is 111 Å². The predicted octanol–water partition coefficient (Wildman–Crippen LogP) is 3.03. The lowest BCUT2D eigenvalue weighted by atomic mass is 10.2. The average Bonchev–Trinajstić information content (AvgIpc) is 2.83. The zero-order chi connectivity index (χ0) is 13.8. The van der Waals surface area contributed by atoms with E-state index >= 15 is 0 Å². The summed E-state index contributed by atoms with van der Waals surface area (Å²) in [5.41, 5.74) is 1.20. The van der Waals surface area contributed by atoms with Gasteiger partial charge in [0, 0.05) is 30.9 Å². The molecule has 0 spiro atoms. The third kappa shape index (κ3) is 3.38. The number of benzene rings is 1. The Hall–Kier alpha value is -1.75. The molecule has 19 heavy (non-hydrogen) atoms. The molecule has 2 aromatic rings. The zero-order valence-corrected chi connectivity index (χ0v) is 11.0. The molecule has 0 saturated carbocycles. The molecule has 2 rings (SSSR count). The minimum Gasteiger partial charge on any atom is -0.307 e. The second-order valence-corrected chi connectivity index (χ2v) is 4.70. The Balaban J connectivity index is 1.91. The molecule has 0 fully saturated rings. The van der Waals surface area contributed by atoms with E-state index in [0.29, 0.717) is 18.2 Å². The van der Waals surface area contributed by atoms with Gasteiger partial charge in [0.15, 0.2) is 11.6 Å². The molecule has 0 aliphatic carbocycles. The first-order valence-corrected chi connectivity index (χ1v) is 6.25. The van der Waals surface area contributed by atoms with E-state index in [-0.39, 0.29) is 6.54 Å². The number of hydrogen-bond acceptors (Lipinski definition) is 2. The molecule has 0 bridgehead atoms. The van der Waals surface area contributed by atoms with Crippen molar-refractivity contribution in [2.45, 2.75) is 33.0 Å². The molecule has 5 heteroatoms. The van der Waals surface area contributed by atoms with Gasteiger partial charge in [0.25, 0.3) is 0 Å². The molecule has 0 saturated heterocycles. The normalized spacial score (nSPS) is 11.2. The third-order valence-electron chi connectivity index (χ3n) is 2.85. The van der Waals surface area contributed by atoms with E-state index < -0.39 is 11.6 Å². The molecule has 1 heterocycles. The molecule has 0 aliphatic rings. The van der Waals surface area contributed by atoms with E-state index in [1.165, 1.54) is 6.07 Å². The summed E-state index contributed by atoms with van der Waals surface area (Å²) in [6.45, 7) is 4.90. The fourth-order valence-electron chi connectivity index (χ4n) is 1.77. The van der Waals surface area contributed by atoms with Gasteiger partial charge < -0.3 is 5.32 Å². The van der Waals surface area contributed by atoms with Crippen LogP contribution in [0.3, 0.4) is 0 Å². The molecule has 0 aliphatic heterocycles. The van der Waals surface area contributed by atoms with E-state index in [1.54, 1.807) is 6.07 Å². The first-order chi connectivity index (χ1) is 9.08. The number of halogens is 2. The van der Waals surface area contributed by atoms with Gasteiger partial charge in [0.1, 0.15) is 0 Å². The molecule has 0 atom stereocenters. The summed E-state index contributed by atoms with van der Waals surface area (Å²) in [6, 6.07) is 6.41. The minimum absolute atomic E-state index is 0.276. The molecule has 1 aromatic heterocycles. The summed E-state index contributed by atoms with van der Waals surface area (Å²) >= 11 is 0. The molecule has 1 aromatic carbocycles. The SMILES string of the molecule is CC(C)n1ccc(CNCc2cccc(F)c2F)n1. The van der Waals surface area contributed by atoms with Crippen LogP contribution in [0.25, 0.3) is 0 Å². The van der Waals surface area contributed by atoms with Gasteiger partial charge in [0.05, 0.1) is 5.69 Å². The second kappa shape index (κ2) is 5.93. The van der Waals surface area contributed by atoms with Gasteiger partial charge in [0.2, 0.25) is 0 Å². The van der Waals surface area contributed by atoms with E-state index in [9.17, 15) is 8.78 Å². The van der Waals surface area contributed by atoms with Crippen LogP contribution in [-0.2, 0) is 13.1 Å². The van der Waals surface area contributed by atoms with Crippen LogP contribution in [0.15, 0.2) is 30.5 Å². The lowest BCUT2D eigenvalue weighted by molar-refractivity contribution is 0.490. The number of nitrogens with zero attached hydrogens (tertiary/aromatic N) is 2. The first-order valence-electron chi connectivity index (χ1n) is 6.25. The van der Waals surface area contributed by atoms with Gasteiger partial charge in [-0.1, -0.05) is 12.1 Å². The predicted molar refractivity (Wildman–Crippen MR) is 69.5 cm³/mol. The standard InChI is InChI=1S/C14H17F2N3/c1-10(2)19-7-6-12(18-19)9-17-8-11-4-3-5-13(15)14(11)16/h3-7,10,17H,8-9H2,1-2H3. The van der Waals surface area contributed by atoms with Crippen LogP contribution in [0.4, 0.5) is 8.78 Å². The summed E-state index contributed by atoms with van der Waals surface area (Å²) < 4.78 is 28.3. The number of hydrogen-bond donors (Lipinski definition) is 1. The van der Waals surface area contributed by atoms with Gasteiger partial charge in [-0.3, -0.25) is 4.68 Å². The summed E-state index contributed by atoms with van der Waals surface area (Å²) in [4.78, 5) is 0. The highest BCUT2D eigenvalue weighted by Gasteiger charge is 2.07. The van der Waals surface area contributed by atoms with Crippen LogP contribution in [0.1, 0.15) is 31.1 Å². The molecule has 0 radical (unpaired) electrons. The van der Waals surface area contributed by atoms with E-state index in [2.05, 4.69) is 10.4 Å². The van der Waals surface area contributed by atoms with Crippen molar-refractivity contribution in [1.82, 2.24) is 15.1 Å². The topological polar surface area (TPSA) is 29.9 Å². The fraction of sp³-hybridized carbons (Fsp3) is 0.357. The van der Waals surface area contributed by atoms with Crippen LogP contribution < -0.4 is 5.32 Å². The average molecular weight is 265 g/mol. The van der Waals surface area contributed by atoms with Crippen LogP contribution in [0, 0.1) is 11.6 Å². The van der Waals surface area contributed by atoms with Gasteiger partial charge in [-0.15, -0.1) is 0 Å². The van der Waals surface area contributed by atoms with E-state index in [4.69, 9.17) is 0 Å². The van der Waals surface area contributed by atoms with Crippen molar-refractivity contribution in [2.24, 2.45) is 0 Å². The van der Waals surface area contributed by atoms with Crippen molar-refractivity contribution in [2.75, 3.05) is 0 Å². The summed E-state index contributed by atoms with van der Waals surface area (Å²) in [6.07, 6.45) is 1.91. The summed E-state index contributed by atoms with van der Waals surface area (Å²) in [5, 5.41) is 7.42. The van der Waals surface area contributed by atoms with Gasteiger partial charge >= 0.3 is 0 Å². The number of nitrogens with one attached hydrogen (secondary N) is 1. The molecule has 102 valence electrons. The van der Waals surface area contributed by atoms with Gasteiger partial charge in [-0.25, -0.2) is 8.78 Å². The molecule has 1 N–H and O–H groups in total. The Kier molecular flexibility index (Phi) is 4.27. The highest BCUT2D eigenvalue weighted by atomic mass is 19.2. The largest absolute Gasteiger partial charge is 0.307 e. The highest BCUT2D eigenvalue weighted by molar-refractivity contribution is 5.18. The monoisotopic (exact) mass is 265 g/mol. The smallest absolute Gasteiger partial charge is 0.163 e. The van der Waals surface area contributed by atoms with Crippen LogP contribution in [0.2, 0.25) is 0 Å². The van der Waals surface area contributed by atoms with Gasteiger partial charge in [-0.2, -0.15) is 5.10 Å². The fourth-order valence-corrected chi connectivity index (χ4v) is 1.77. The first kappa shape index (κ1) is 13.7. The maximum Gasteiger partial charge on any atom is 0.163 e. The third-order valence-corrected chi connectivity index (χ3v) is 2.85. The van der Waals surface area contributed by atoms with Crippen LogP contribution in [-0.4, -0.2) is 9.78 Å². The van der Waals surface area contributed by atoms with E-state index in [0.717, 1.165) is 11.8 Å². The van der Waals surface area contributed by atoms with Crippen LogP contribution in [0.5, 0.6) is 0 Å². The number of aromatic nitrogens is 2. The van der Waals surface area contributed by atoms with Crippen LogP contribution >= 0.6 is 0 Å².